The van der Waals surface area contributed by atoms with E-state index >= 15 is 0 Å². The van der Waals surface area contributed by atoms with E-state index in [0.29, 0.717) is 38.8 Å². The van der Waals surface area contributed by atoms with Crippen molar-refractivity contribution in [3.63, 3.8) is 0 Å². The van der Waals surface area contributed by atoms with Crippen LogP contribution in [0.1, 0.15) is 58.1 Å². The molecule has 2 atom stereocenters. The van der Waals surface area contributed by atoms with Gasteiger partial charge in [-0.05, 0) is 78.8 Å². The molecule has 2 unspecified atom stereocenters. The van der Waals surface area contributed by atoms with Crippen LogP contribution < -0.4 is 14.2 Å². The Kier molecular flexibility index (Phi) is 13.8. The topological polar surface area (TPSA) is 66.4 Å². The summed E-state index contributed by atoms with van der Waals surface area (Å²) in [6.07, 6.45) is 1.63. The number of aliphatic hydroxyl groups excluding tert-OH is 1. The first-order valence-electron chi connectivity index (χ1n) is 15.4. The Balaban J connectivity index is 0.000000205. The minimum atomic E-state index is 0.118. The van der Waals surface area contributed by atoms with Gasteiger partial charge in [-0.15, -0.1) is 0 Å². The summed E-state index contributed by atoms with van der Waals surface area (Å²) in [5.41, 5.74) is 6.84. The number of benzene rings is 4. The van der Waals surface area contributed by atoms with Crippen LogP contribution in [-0.2, 0) is 22.7 Å². The van der Waals surface area contributed by atoms with E-state index in [1.807, 2.05) is 68.4 Å². The summed E-state index contributed by atoms with van der Waals surface area (Å²) in [5.74, 6) is 3.22. The minimum Gasteiger partial charge on any atom is -0.496 e. The molecule has 1 aliphatic rings. The monoisotopic (exact) mass is 676 g/mol. The molecule has 7 heteroatoms. The van der Waals surface area contributed by atoms with Crippen molar-refractivity contribution in [2.24, 2.45) is 0 Å². The van der Waals surface area contributed by atoms with Gasteiger partial charge in [-0.1, -0.05) is 76.6 Å². The van der Waals surface area contributed by atoms with Gasteiger partial charge in [0.15, 0.2) is 0 Å². The van der Waals surface area contributed by atoms with Crippen LogP contribution in [0.3, 0.4) is 0 Å². The Bertz CT molecular complexity index is 1460. The predicted molar refractivity (Wildman–Crippen MR) is 183 cm³/mol. The fourth-order valence-corrected chi connectivity index (χ4v) is 6.23. The van der Waals surface area contributed by atoms with E-state index in [-0.39, 0.29) is 12.5 Å². The predicted octanol–water partition coefficient (Wildman–Crippen LogP) is 8.54. The molecule has 0 spiro atoms. The molecule has 1 heterocycles. The van der Waals surface area contributed by atoms with Gasteiger partial charge < -0.3 is 28.8 Å². The summed E-state index contributed by atoms with van der Waals surface area (Å²) in [4.78, 5) is 0. The molecule has 4 aromatic carbocycles. The van der Waals surface area contributed by atoms with Gasteiger partial charge in [0.1, 0.15) is 17.2 Å². The smallest absolute Gasteiger partial charge is 0.123 e. The Morgan fingerprint density at radius 3 is 2.04 bits per heavy atom. The van der Waals surface area contributed by atoms with E-state index in [1.165, 1.54) is 11.1 Å². The molecule has 45 heavy (non-hydrogen) atoms. The van der Waals surface area contributed by atoms with Gasteiger partial charge in [0.05, 0.1) is 47.3 Å². The Labute approximate surface area is 276 Å². The first-order valence-corrected chi connectivity index (χ1v) is 16.2. The van der Waals surface area contributed by atoms with Gasteiger partial charge in [0.2, 0.25) is 0 Å². The average Bonchev–Trinajstić information content (AvgIpc) is 3.05. The molecule has 0 amide bonds. The molecule has 5 rings (SSSR count). The summed E-state index contributed by atoms with van der Waals surface area (Å²) in [5, 5.41) is 9.38. The molecule has 0 bridgehead atoms. The molecular weight excluding hydrogens is 632 g/mol. The minimum absolute atomic E-state index is 0.118. The van der Waals surface area contributed by atoms with Gasteiger partial charge in [-0.3, -0.25) is 0 Å². The number of methoxy groups -OCH3 is 2. The van der Waals surface area contributed by atoms with E-state index in [1.54, 1.807) is 14.2 Å². The normalized spacial score (nSPS) is 14.4. The van der Waals surface area contributed by atoms with Crippen LogP contribution in [0.2, 0.25) is 0 Å². The van der Waals surface area contributed by atoms with E-state index in [0.717, 1.165) is 57.0 Å². The fraction of sp³-hybridized carbons (Fsp3) is 0.368. The Morgan fingerprint density at radius 1 is 0.822 bits per heavy atom. The molecule has 4 aromatic rings. The maximum Gasteiger partial charge on any atom is 0.123 e. The number of aliphatic hydroxyl groups is 1. The lowest BCUT2D eigenvalue weighted by Crippen LogP contribution is -2.18. The molecule has 0 saturated heterocycles. The number of hydrogen-bond donors (Lipinski definition) is 1. The van der Waals surface area contributed by atoms with Crippen molar-refractivity contribution in [3.05, 3.63) is 123 Å². The first-order chi connectivity index (χ1) is 21.9. The number of ether oxygens (including phenoxy) is 5. The van der Waals surface area contributed by atoms with Crippen LogP contribution in [0.4, 0.5) is 0 Å². The SMILES string of the molecule is COc1cc(C(CCO)COCc2ccccc2)c(Br)cc1C.COc1cc2c(cc1C)OCCC2COCc1ccccc1. The van der Waals surface area contributed by atoms with Crippen LogP contribution in [0.25, 0.3) is 0 Å². The van der Waals surface area contributed by atoms with Gasteiger partial charge in [0.25, 0.3) is 0 Å². The number of hydrogen-bond acceptors (Lipinski definition) is 6. The maximum atomic E-state index is 9.38. The summed E-state index contributed by atoms with van der Waals surface area (Å²) in [6, 6.07) is 28.6. The third kappa shape index (κ3) is 10.1. The van der Waals surface area contributed by atoms with Crippen molar-refractivity contribution in [1.29, 1.82) is 0 Å². The van der Waals surface area contributed by atoms with Crippen molar-refractivity contribution in [1.82, 2.24) is 0 Å². The summed E-state index contributed by atoms with van der Waals surface area (Å²) < 4.78 is 29.5. The Hall–Kier alpha value is -3.36. The van der Waals surface area contributed by atoms with Gasteiger partial charge in [0, 0.05) is 28.5 Å². The van der Waals surface area contributed by atoms with Crippen molar-refractivity contribution < 1.29 is 28.8 Å². The first kappa shape index (κ1) is 34.5. The van der Waals surface area contributed by atoms with Gasteiger partial charge in [-0.2, -0.15) is 0 Å². The highest BCUT2D eigenvalue weighted by molar-refractivity contribution is 9.10. The zero-order valence-electron chi connectivity index (χ0n) is 26.8. The molecule has 6 nitrogen and oxygen atoms in total. The van der Waals surface area contributed by atoms with Crippen molar-refractivity contribution in [2.45, 2.75) is 51.7 Å². The van der Waals surface area contributed by atoms with Crippen LogP contribution in [0, 0.1) is 13.8 Å². The molecule has 0 radical (unpaired) electrons. The zero-order chi connectivity index (χ0) is 32.0. The van der Waals surface area contributed by atoms with E-state index in [4.69, 9.17) is 23.7 Å². The van der Waals surface area contributed by atoms with Crippen LogP contribution in [-0.4, -0.2) is 45.8 Å². The van der Waals surface area contributed by atoms with Crippen molar-refractivity contribution in [2.75, 3.05) is 40.6 Å². The molecule has 0 aromatic heterocycles. The van der Waals surface area contributed by atoms with Crippen molar-refractivity contribution >= 4 is 15.9 Å². The molecular formula is C38H45BrO6. The van der Waals surface area contributed by atoms with E-state index in [2.05, 4.69) is 46.3 Å². The molecule has 1 aliphatic heterocycles. The highest BCUT2D eigenvalue weighted by atomic mass is 79.9. The number of aryl methyl sites for hydroxylation is 2. The standard InChI is InChI=1S/C19H23BrO3.C19H22O3/c1-14-10-18(20)17(11-19(14)22-2)16(8-9-21)13-23-12-15-6-4-3-5-7-15;1-14-10-19-17(11-18(14)20-2)16(8-9-22-19)13-21-12-15-6-4-3-5-7-15/h3-7,10-11,16,21H,8-9,12-13H2,1-2H3;3-7,10-11,16H,8-9,12-13H2,1-2H3. The highest BCUT2D eigenvalue weighted by Crippen LogP contribution is 2.38. The van der Waals surface area contributed by atoms with Gasteiger partial charge >= 0.3 is 0 Å². The second kappa shape index (κ2) is 18.0. The maximum absolute atomic E-state index is 9.38. The molecule has 240 valence electrons. The van der Waals surface area contributed by atoms with Crippen LogP contribution in [0.5, 0.6) is 17.2 Å². The largest absolute Gasteiger partial charge is 0.496 e. The quantitative estimate of drug-likeness (QED) is 0.153. The number of halogens is 1. The molecule has 0 saturated carbocycles. The highest BCUT2D eigenvalue weighted by Gasteiger charge is 2.23. The van der Waals surface area contributed by atoms with Crippen LogP contribution >= 0.6 is 15.9 Å². The lowest BCUT2D eigenvalue weighted by atomic mass is 9.92. The molecule has 1 N–H and O–H groups in total. The van der Waals surface area contributed by atoms with E-state index < -0.39 is 0 Å². The van der Waals surface area contributed by atoms with Crippen LogP contribution in [0.15, 0.2) is 89.4 Å². The number of fused-ring (bicyclic) bond motifs is 1. The summed E-state index contributed by atoms with van der Waals surface area (Å²) in [7, 11) is 3.38. The Morgan fingerprint density at radius 2 is 1.42 bits per heavy atom. The zero-order valence-corrected chi connectivity index (χ0v) is 28.3. The average molecular weight is 678 g/mol. The summed E-state index contributed by atoms with van der Waals surface area (Å²) >= 11 is 3.63. The third-order valence-corrected chi connectivity index (χ3v) is 8.67. The molecule has 0 aliphatic carbocycles. The molecule has 0 fully saturated rings. The lowest BCUT2D eigenvalue weighted by molar-refractivity contribution is 0.0939. The van der Waals surface area contributed by atoms with E-state index in [9.17, 15) is 5.11 Å². The number of rotatable bonds is 13. The summed E-state index contributed by atoms with van der Waals surface area (Å²) in [6.45, 7) is 7.41. The third-order valence-electron chi connectivity index (χ3n) is 7.98. The van der Waals surface area contributed by atoms with Crippen molar-refractivity contribution in [3.8, 4) is 17.2 Å². The fourth-order valence-electron chi connectivity index (χ4n) is 5.45. The lowest BCUT2D eigenvalue weighted by Gasteiger charge is -2.27. The second-order valence-electron chi connectivity index (χ2n) is 11.2. The second-order valence-corrected chi connectivity index (χ2v) is 12.1. The van der Waals surface area contributed by atoms with Gasteiger partial charge in [-0.25, -0.2) is 0 Å².